The number of nitro benzene ring substituents is 1. The van der Waals surface area contributed by atoms with Crippen LogP contribution in [0.5, 0.6) is 0 Å². The van der Waals surface area contributed by atoms with E-state index < -0.39 is 4.92 Å². The summed E-state index contributed by atoms with van der Waals surface area (Å²) in [6, 6.07) is 12.3. The van der Waals surface area contributed by atoms with Gasteiger partial charge in [-0.25, -0.2) is 4.98 Å². The Bertz CT molecular complexity index is 887. The van der Waals surface area contributed by atoms with Gasteiger partial charge >= 0.3 is 0 Å². The molecule has 24 heavy (non-hydrogen) atoms. The summed E-state index contributed by atoms with van der Waals surface area (Å²) in [6.07, 6.45) is 0.821. The lowest BCUT2D eigenvalue weighted by atomic mass is 10.1. The first-order valence-corrected chi connectivity index (χ1v) is 8.24. The summed E-state index contributed by atoms with van der Waals surface area (Å²) < 4.78 is 1.10. The van der Waals surface area contributed by atoms with Gasteiger partial charge in [-0.05, 0) is 24.6 Å². The van der Waals surface area contributed by atoms with Crippen LogP contribution < -0.4 is 5.32 Å². The minimum absolute atomic E-state index is 0.0397. The van der Waals surface area contributed by atoms with Crippen LogP contribution in [0.15, 0.2) is 42.5 Å². The van der Waals surface area contributed by atoms with Gasteiger partial charge in [0, 0.05) is 25.0 Å². The standard InChI is InChI=1S/C17H15N3O3S/c1-11-6-7-12(20(22)23)10-14(11)18-16(21)8-9-17-19-13-4-2-3-5-15(13)24-17/h2-7,10H,8-9H2,1H3,(H,18,21). The summed E-state index contributed by atoms with van der Waals surface area (Å²) in [5, 5.41) is 14.5. The molecule has 1 heterocycles. The van der Waals surface area contributed by atoms with Gasteiger partial charge < -0.3 is 5.32 Å². The third-order valence-electron chi connectivity index (χ3n) is 3.61. The first-order chi connectivity index (χ1) is 11.5. The van der Waals surface area contributed by atoms with Crippen molar-refractivity contribution in [3.8, 4) is 0 Å². The molecular weight excluding hydrogens is 326 g/mol. The van der Waals surface area contributed by atoms with Gasteiger partial charge in [0.1, 0.15) is 0 Å². The number of aryl methyl sites for hydroxylation is 2. The molecule has 0 saturated heterocycles. The van der Waals surface area contributed by atoms with Gasteiger partial charge in [0.15, 0.2) is 0 Å². The maximum Gasteiger partial charge on any atom is 0.271 e. The third kappa shape index (κ3) is 3.57. The number of hydrogen-bond acceptors (Lipinski definition) is 5. The van der Waals surface area contributed by atoms with Gasteiger partial charge in [-0.15, -0.1) is 11.3 Å². The number of hydrogen-bond donors (Lipinski definition) is 1. The number of carbonyl (C=O) groups is 1. The number of benzene rings is 2. The molecule has 1 amide bonds. The number of aromatic nitrogens is 1. The largest absolute Gasteiger partial charge is 0.326 e. The summed E-state index contributed by atoms with van der Waals surface area (Å²) >= 11 is 1.57. The number of carbonyl (C=O) groups excluding carboxylic acids is 1. The Kier molecular flexibility index (Phi) is 4.52. The summed E-state index contributed by atoms with van der Waals surface area (Å²) in [5.74, 6) is -0.183. The lowest BCUT2D eigenvalue weighted by molar-refractivity contribution is -0.384. The average Bonchev–Trinajstić information content (AvgIpc) is 2.97. The Morgan fingerprint density at radius 2 is 2.08 bits per heavy atom. The van der Waals surface area contributed by atoms with Crippen molar-refractivity contribution < 1.29 is 9.72 Å². The number of nitro groups is 1. The number of non-ortho nitro benzene ring substituents is 1. The van der Waals surface area contributed by atoms with Crippen LogP contribution in [0, 0.1) is 17.0 Å². The molecule has 6 nitrogen and oxygen atoms in total. The fraction of sp³-hybridized carbons (Fsp3) is 0.176. The van der Waals surface area contributed by atoms with Crippen molar-refractivity contribution in [2.75, 3.05) is 5.32 Å². The zero-order valence-electron chi connectivity index (χ0n) is 13.0. The van der Waals surface area contributed by atoms with Crippen LogP contribution in [-0.2, 0) is 11.2 Å². The first-order valence-electron chi connectivity index (χ1n) is 7.42. The van der Waals surface area contributed by atoms with Gasteiger partial charge in [0.25, 0.3) is 5.69 Å². The second kappa shape index (κ2) is 6.76. The van der Waals surface area contributed by atoms with Crippen molar-refractivity contribution in [3.63, 3.8) is 0 Å². The van der Waals surface area contributed by atoms with E-state index in [4.69, 9.17) is 0 Å². The van der Waals surface area contributed by atoms with Gasteiger partial charge in [0.05, 0.1) is 25.8 Å². The van der Waals surface area contributed by atoms with Crippen LogP contribution >= 0.6 is 11.3 Å². The summed E-state index contributed by atoms with van der Waals surface area (Å²) in [4.78, 5) is 27.0. The molecule has 0 unspecified atom stereocenters. The van der Waals surface area contributed by atoms with Crippen molar-refractivity contribution in [1.29, 1.82) is 0 Å². The topological polar surface area (TPSA) is 85.1 Å². The van der Waals surface area contributed by atoms with E-state index in [0.717, 1.165) is 20.8 Å². The van der Waals surface area contributed by atoms with E-state index in [1.807, 2.05) is 24.3 Å². The normalized spacial score (nSPS) is 10.7. The Morgan fingerprint density at radius 1 is 1.29 bits per heavy atom. The molecule has 3 aromatic rings. The van der Waals surface area contributed by atoms with E-state index in [1.54, 1.807) is 24.3 Å². The average molecular weight is 341 g/mol. The van der Waals surface area contributed by atoms with Crippen LogP contribution in [0.2, 0.25) is 0 Å². The number of rotatable bonds is 5. The maximum absolute atomic E-state index is 12.1. The number of para-hydroxylation sites is 1. The molecule has 0 aliphatic rings. The van der Waals surface area contributed by atoms with E-state index in [9.17, 15) is 14.9 Å². The Labute approximate surface area is 142 Å². The SMILES string of the molecule is Cc1ccc([N+](=O)[O-])cc1NC(=O)CCc1nc2ccccc2s1. The zero-order chi connectivity index (χ0) is 17.1. The molecule has 3 rings (SSSR count). The van der Waals surface area contributed by atoms with Crippen molar-refractivity contribution in [3.05, 3.63) is 63.1 Å². The summed E-state index contributed by atoms with van der Waals surface area (Å²) in [7, 11) is 0. The van der Waals surface area contributed by atoms with Crippen LogP contribution in [0.3, 0.4) is 0 Å². The predicted octanol–water partition coefficient (Wildman–Crippen LogP) is 4.08. The lowest BCUT2D eigenvalue weighted by Crippen LogP contribution is -2.13. The highest BCUT2D eigenvalue weighted by atomic mass is 32.1. The fourth-order valence-corrected chi connectivity index (χ4v) is 3.29. The summed E-state index contributed by atoms with van der Waals surface area (Å²) in [5.41, 5.74) is 2.15. The molecule has 0 aliphatic carbocycles. The van der Waals surface area contributed by atoms with Crippen molar-refractivity contribution in [2.45, 2.75) is 19.8 Å². The second-order valence-electron chi connectivity index (χ2n) is 5.38. The number of amides is 1. The molecule has 1 N–H and O–H groups in total. The second-order valence-corrected chi connectivity index (χ2v) is 6.50. The van der Waals surface area contributed by atoms with E-state index in [0.29, 0.717) is 12.1 Å². The van der Waals surface area contributed by atoms with E-state index in [2.05, 4.69) is 10.3 Å². The van der Waals surface area contributed by atoms with E-state index >= 15 is 0 Å². The molecule has 2 aromatic carbocycles. The number of nitrogens with zero attached hydrogens (tertiary/aromatic N) is 2. The van der Waals surface area contributed by atoms with Gasteiger partial charge in [-0.3, -0.25) is 14.9 Å². The highest BCUT2D eigenvalue weighted by Crippen LogP contribution is 2.24. The third-order valence-corrected chi connectivity index (χ3v) is 4.71. The number of thiazole rings is 1. The molecule has 0 bridgehead atoms. The minimum Gasteiger partial charge on any atom is -0.326 e. The van der Waals surface area contributed by atoms with Crippen LogP contribution in [0.1, 0.15) is 17.0 Å². The minimum atomic E-state index is -0.476. The quantitative estimate of drug-likeness (QED) is 0.559. The van der Waals surface area contributed by atoms with Crippen molar-refractivity contribution in [2.24, 2.45) is 0 Å². The molecule has 1 aromatic heterocycles. The molecule has 7 heteroatoms. The lowest BCUT2D eigenvalue weighted by Gasteiger charge is -2.07. The monoisotopic (exact) mass is 341 g/mol. The van der Waals surface area contributed by atoms with Crippen molar-refractivity contribution >= 4 is 38.8 Å². The summed E-state index contributed by atoms with van der Waals surface area (Å²) in [6.45, 7) is 1.80. The molecule has 0 aliphatic heterocycles. The Balaban J connectivity index is 1.65. The smallest absolute Gasteiger partial charge is 0.271 e. The van der Waals surface area contributed by atoms with Crippen LogP contribution in [0.25, 0.3) is 10.2 Å². The number of anilines is 1. The fourth-order valence-electron chi connectivity index (χ4n) is 2.32. The number of nitrogens with one attached hydrogen (secondary N) is 1. The molecule has 0 radical (unpaired) electrons. The molecule has 122 valence electrons. The zero-order valence-corrected chi connectivity index (χ0v) is 13.8. The van der Waals surface area contributed by atoms with Gasteiger partial charge in [-0.1, -0.05) is 18.2 Å². The molecule has 0 atom stereocenters. The molecule has 0 saturated carbocycles. The van der Waals surface area contributed by atoms with E-state index in [1.165, 1.54) is 12.1 Å². The highest BCUT2D eigenvalue weighted by molar-refractivity contribution is 7.18. The molecular formula is C17H15N3O3S. The van der Waals surface area contributed by atoms with Gasteiger partial charge in [-0.2, -0.15) is 0 Å². The maximum atomic E-state index is 12.1. The van der Waals surface area contributed by atoms with Crippen molar-refractivity contribution in [1.82, 2.24) is 4.98 Å². The van der Waals surface area contributed by atoms with Gasteiger partial charge in [0.2, 0.25) is 5.91 Å². The Hall–Kier alpha value is -2.80. The van der Waals surface area contributed by atoms with Crippen LogP contribution in [0.4, 0.5) is 11.4 Å². The Morgan fingerprint density at radius 3 is 2.83 bits per heavy atom. The molecule has 0 spiro atoms. The number of fused-ring (bicyclic) bond motifs is 1. The molecule has 0 fully saturated rings. The van der Waals surface area contributed by atoms with Crippen LogP contribution in [-0.4, -0.2) is 15.8 Å². The predicted molar refractivity (Wildman–Crippen MR) is 94.4 cm³/mol. The highest BCUT2D eigenvalue weighted by Gasteiger charge is 2.12. The van der Waals surface area contributed by atoms with E-state index in [-0.39, 0.29) is 18.0 Å². The first kappa shape index (κ1) is 16.1.